The summed E-state index contributed by atoms with van der Waals surface area (Å²) in [6.07, 6.45) is 4.54. The Morgan fingerprint density at radius 1 is 1.21 bits per heavy atom. The molecule has 4 heteroatoms. The van der Waals surface area contributed by atoms with E-state index in [1.807, 2.05) is 24.3 Å². The molecule has 0 fully saturated rings. The quantitative estimate of drug-likeness (QED) is 0.779. The molecule has 100 valence electrons. The Balaban J connectivity index is 1.80. The molecular formula is C15H18N2O2. The van der Waals surface area contributed by atoms with Gasteiger partial charge in [0.15, 0.2) is 0 Å². The number of phenolic OH excluding ortho intramolecular Hbond substituents is 1. The molecule has 1 heterocycles. The first-order valence-corrected chi connectivity index (χ1v) is 6.25. The number of methoxy groups -OCH3 is 1. The van der Waals surface area contributed by atoms with Gasteiger partial charge in [0.2, 0.25) is 0 Å². The summed E-state index contributed by atoms with van der Waals surface area (Å²) < 4.78 is 5.05. The van der Waals surface area contributed by atoms with Crippen LogP contribution in [0.25, 0.3) is 0 Å². The van der Waals surface area contributed by atoms with Crippen LogP contribution in [0.5, 0.6) is 11.5 Å². The van der Waals surface area contributed by atoms with E-state index in [0.29, 0.717) is 12.3 Å². The Kier molecular flexibility index (Phi) is 4.75. The molecule has 0 unspecified atom stereocenters. The summed E-state index contributed by atoms with van der Waals surface area (Å²) >= 11 is 0. The Morgan fingerprint density at radius 3 is 2.68 bits per heavy atom. The number of hydrogen-bond acceptors (Lipinski definition) is 4. The van der Waals surface area contributed by atoms with Gasteiger partial charge >= 0.3 is 0 Å². The molecule has 0 saturated heterocycles. The highest BCUT2D eigenvalue weighted by Gasteiger charge is 2.02. The van der Waals surface area contributed by atoms with Crippen molar-refractivity contribution in [3.05, 3.63) is 53.9 Å². The van der Waals surface area contributed by atoms with Crippen LogP contribution in [0.2, 0.25) is 0 Å². The first kappa shape index (κ1) is 13.4. The third kappa shape index (κ3) is 3.96. The van der Waals surface area contributed by atoms with E-state index in [-0.39, 0.29) is 5.75 Å². The number of phenols is 1. The topological polar surface area (TPSA) is 54.4 Å². The molecule has 0 aliphatic carbocycles. The fourth-order valence-corrected chi connectivity index (χ4v) is 1.83. The molecule has 2 rings (SSSR count). The second kappa shape index (κ2) is 6.75. The van der Waals surface area contributed by atoms with Crippen molar-refractivity contribution in [3.8, 4) is 11.5 Å². The van der Waals surface area contributed by atoms with E-state index in [2.05, 4.69) is 10.3 Å². The molecule has 0 saturated carbocycles. The van der Waals surface area contributed by atoms with Crippen LogP contribution in [-0.2, 0) is 13.0 Å². The van der Waals surface area contributed by atoms with Gasteiger partial charge < -0.3 is 15.2 Å². The highest BCUT2D eigenvalue weighted by atomic mass is 16.5. The van der Waals surface area contributed by atoms with Gasteiger partial charge in [0.25, 0.3) is 0 Å². The summed E-state index contributed by atoms with van der Waals surface area (Å²) in [7, 11) is 1.58. The van der Waals surface area contributed by atoms with Gasteiger partial charge in [-0.2, -0.15) is 0 Å². The molecule has 0 bridgehead atoms. The molecule has 1 aromatic heterocycles. The summed E-state index contributed by atoms with van der Waals surface area (Å²) in [5.41, 5.74) is 2.12. The van der Waals surface area contributed by atoms with E-state index in [0.717, 1.165) is 18.5 Å². The van der Waals surface area contributed by atoms with Crippen LogP contribution in [0.1, 0.15) is 11.1 Å². The fraction of sp³-hybridized carbons (Fsp3) is 0.267. The number of hydrogen-bond donors (Lipinski definition) is 2. The Bertz CT molecular complexity index is 515. The SMILES string of the molecule is COc1ccc(CNCCc2ccncc2)c(O)c1. The minimum absolute atomic E-state index is 0.260. The zero-order valence-electron chi connectivity index (χ0n) is 11.0. The maximum atomic E-state index is 9.81. The first-order valence-electron chi connectivity index (χ1n) is 6.25. The summed E-state index contributed by atoms with van der Waals surface area (Å²) in [4.78, 5) is 3.98. The molecule has 0 amide bonds. The molecule has 4 nitrogen and oxygen atoms in total. The monoisotopic (exact) mass is 258 g/mol. The molecule has 2 aromatic rings. The lowest BCUT2D eigenvalue weighted by Gasteiger charge is -2.08. The highest BCUT2D eigenvalue weighted by molar-refractivity contribution is 5.39. The number of ether oxygens (including phenoxy) is 1. The molecular weight excluding hydrogens is 240 g/mol. The van der Waals surface area contributed by atoms with Crippen LogP contribution in [-0.4, -0.2) is 23.7 Å². The van der Waals surface area contributed by atoms with E-state index in [9.17, 15) is 5.11 Å². The van der Waals surface area contributed by atoms with Crippen LogP contribution in [0.15, 0.2) is 42.7 Å². The summed E-state index contributed by atoms with van der Waals surface area (Å²) in [6.45, 7) is 1.50. The zero-order chi connectivity index (χ0) is 13.5. The van der Waals surface area contributed by atoms with Crippen molar-refractivity contribution in [2.24, 2.45) is 0 Å². The number of nitrogens with one attached hydrogen (secondary N) is 1. The number of aromatic nitrogens is 1. The van der Waals surface area contributed by atoms with Crippen LogP contribution in [0, 0.1) is 0 Å². The second-order valence-corrected chi connectivity index (χ2v) is 4.28. The van der Waals surface area contributed by atoms with Gasteiger partial charge in [0.05, 0.1) is 7.11 Å². The molecule has 2 N–H and O–H groups in total. The number of pyridine rings is 1. The van der Waals surface area contributed by atoms with Crippen LogP contribution in [0.4, 0.5) is 0 Å². The minimum Gasteiger partial charge on any atom is -0.507 e. The Labute approximate surface area is 113 Å². The molecule has 0 spiro atoms. The van der Waals surface area contributed by atoms with E-state index in [1.165, 1.54) is 5.56 Å². The Hall–Kier alpha value is -2.07. The van der Waals surface area contributed by atoms with Crippen molar-refractivity contribution >= 4 is 0 Å². The zero-order valence-corrected chi connectivity index (χ0v) is 11.0. The van der Waals surface area contributed by atoms with Crippen LogP contribution >= 0.6 is 0 Å². The number of nitrogens with zero attached hydrogens (tertiary/aromatic N) is 1. The third-order valence-corrected chi connectivity index (χ3v) is 2.95. The minimum atomic E-state index is 0.260. The van der Waals surface area contributed by atoms with Crippen molar-refractivity contribution in [2.75, 3.05) is 13.7 Å². The summed E-state index contributed by atoms with van der Waals surface area (Å²) in [5, 5.41) is 13.1. The van der Waals surface area contributed by atoms with Crippen molar-refractivity contribution in [1.82, 2.24) is 10.3 Å². The lowest BCUT2D eigenvalue weighted by atomic mass is 10.1. The van der Waals surface area contributed by atoms with Crippen LogP contribution in [0.3, 0.4) is 0 Å². The highest BCUT2D eigenvalue weighted by Crippen LogP contribution is 2.22. The molecule has 0 aliphatic heterocycles. The standard InChI is InChI=1S/C15H18N2O2/c1-19-14-3-2-13(15(18)10-14)11-17-9-6-12-4-7-16-8-5-12/h2-5,7-8,10,17-18H,6,9,11H2,1H3. The first-order chi connectivity index (χ1) is 9.29. The maximum Gasteiger partial charge on any atom is 0.123 e. The van der Waals surface area contributed by atoms with Gasteiger partial charge in [-0.1, -0.05) is 6.07 Å². The fourth-order valence-electron chi connectivity index (χ4n) is 1.83. The van der Waals surface area contributed by atoms with E-state index < -0.39 is 0 Å². The van der Waals surface area contributed by atoms with Crippen molar-refractivity contribution in [1.29, 1.82) is 0 Å². The average molecular weight is 258 g/mol. The summed E-state index contributed by atoms with van der Waals surface area (Å²) in [6, 6.07) is 9.35. The third-order valence-electron chi connectivity index (χ3n) is 2.95. The smallest absolute Gasteiger partial charge is 0.123 e. The van der Waals surface area contributed by atoms with Gasteiger partial charge in [-0.05, 0) is 36.7 Å². The summed E-state index contributed by atoms with van der Waals surface area (Å²) in [5.74, 6) is 0.925. The molecule has 0 aliphatic rings. The normalized spacial score (nSPS) is 10.4. The van der Waals surface area contributed by atoms with E-state index in [4.69, 9.17) is 4.74 Å². The van der Waals surface area contributed by atoms with Gasteiger partial charge in [0.1, 0.15) is 11.5 Å². The maximum absolute atomic E-state index is 9.81. The number of benzene rings is 1. The van der Waals surface area contributed by atoms with E-state index >= 15 is 0 Å². The predicted octanol–water partition coefficient (Wildman–Crippen LogP) is 2.13. The molecule has 0 radical (unpaired) electrons. The van der Waals surface area contributed by atoms with Crippen molar-refractivity contribution < 1.29 is 9.84 Å². The lowest BCUT2D eigenvalue weighted by molar-refractivity contribution is 0.406. The number of aromatic hydroxyl groups is 1. The van der Waals surface area contributed by atoms with Gasteiger partial charge in [0, 0.05) is 30.6 Å². The molecule has 0 atom stereocenters. The van der Waals surface area contributed by atoms with Crippen molar-refractivity contribution in [3.63, 3.8) is 0 Å². The average Bonchev–Trinajstić information content (AvgIpc) is 2.46. The molecule has 19 heavy (non-hydrogen) atoms. The number of rotatable bonds is 6. The van der Waals surface area contributed by atoms with Gasteiger partial charge in [-0.15, -0.1) is 0 Å². The predicted molar refractivity (Wildman–Crippen MR) is 74.3 cm³/mol. The molecule has 1 aromatic carbocycles. The van der Waals surface area contributed by atoms with Gasteiger partial charge in [-0.3, -0.25) is 4.98 Å². The van der Waals surface area contributed by atoms with Crippen LogP contribution < -0.4 is 10.1 Å². The second-order valence-electron chi connectivity index (χ2n) is 4.28. The van der Waals surface area contributed by atoms with Crippen molar-refractivity contribution in [2.45, 2.75) is 13.0 Å². The lowest BCUT2D eigenvalue weighted by Crippen LogP contribution is -2.16. The Morgan fingerprint density at radius 2 is 2.00 bits per heavy atom. The van der Waals surface area contributed by atoms with Gasteiger partial charge in [-0.25, -0.2) is 0 Å². The van der Waals surface area contributed by atoms with E-state index in [1.54, 1.807) is 25.6 Å². The largest absolute Gasteiger partial charge is 0.507 e.